The molecule has 0 unspecified atom stereocenters. The number of hydrogen-bond donors (Lipinski definition) is 1. The predicted octanol–water partition coefficient (Wildman–Crippen LogP) is 3.40. The summed E-state index contributed by atoms with van der Waals surface area (Å²) in [4.78, 5) is 5.48. The van der Waals surface area contributed by atoms with E-state index in [4.69, 9.17) is 4.52 Å². The molecule has 6 heteroatoms. The minimum Gasteiger partial charge on any atom is -0.338 e. The Morgan fingerprint density at radius 3 is 3.05 bits per heavy atom. The quantitative estimate of drug-likeness (QED) is 0.476. The molecule has 0 spiro atoms. The highest BCUT2D eigenvalue weighted by Crippen LogP contribution is 2.28. The number of rotatable bonds is 7. The monoisotopic (exact) mass is 339 g/mol. The SMILES string of the molecule is C=CCNCc1nc(CSc2ccccc2Br)no1. The van der Waals surface area contributed by atoms with Gasteiger partial charge >= 0.3 is 0 Å². The summed E-state index contributed by atoms with van der Waals surface area (Å²) >= 11 is 5.19. The van der Waals surface area contributed by atoms with Crippen LogP contribution in [0.25, 0.3) is 0 Å². The Balaban J connectivity index is 1.86. The smallest absolute Gasteiger partial charge is 0.240 e. The summed E-state index contributed by atoms with van der Waals surface area (Å²) in [5.41, 5.74) is 0. The van der Waals surface area contributed by atoms with Gasteiger partial charge < -0.3 is 9.84 Å². The fraction of sp³-hybridized carbons (Fsp3) is 0.231. The van der Waals surface area contributed by atoms with Crippen LogP contribution in [0, 0.1) is 0 Å². The van der Waals surface area contributed by atoms with Crippen LogP contribution < -0.4 is 5.32 Å². The highest BCUT2D eigenvalue weighted by Gasteiger charge is 2.07. The molecule has 0 amide bonds. The largest absolute Gasteiger partial charge is 0.338 e. The number of nitrogens with zero attached hydrogens (tertiary/aromatic N) is 2. The van der Waals surface area contributed by atoms with Crippen molar-refractivity contribution >= 4 is 27.7 Å². The molecule has 19 heavy (non-hydrogen) atoms. The summed E-state index contributed by atoms with van der Waals surface area (Å²) in [5, 5.41) is 7.07. The molecule has 0 aliphatic rings. The Morgan fingerprint density at radius 2 is 2.26 bits per heavy atom. The lowest BCUT2D eigenvalue weighted by Gasteiger charge is -2.00. The van der Waals surface area contributed by atoms with Gasteiger partial charge in [-0.15, -0.1) is 18.3 Å². The Morgan fingerprint density at radius 1 is 1.42 bits per heavy atom. The molecule has 2 aromatic rings. The van der Waals surface area contributed by atoms with Crippen molar-refractivity contribution in [3.63, 3.8) is 0 Å². The molecule has 1 aromatic carbocycles. The molecule has 1 aromatic heterocycles. The van der Waals surface area contributed by atoms with E-state index >= 15 is 0 Å². The molecule has 0 aliphatic heterocycles. The van der Waals surface area contributed by atoms with Gasteiger partial charge in [-0.25, -0.2) is 0 Å². The normalized spacial score (nSPS) is 10.6. The van der Waals surface area contributed by atoms with Crippen LogP contribution in [-0.2, 0) is 12.3 Å². The van der Waals surface area contributed by atoms with Crippen LogP contribution in [0.15, 0.2) is 50.8 Å². The van der Waals surface area contributed by atoms with E-state index in [-0.39, 0.29) is 0 Å². The second-order valence-corrected chi connectivity index (χ2v) is 5.61. The van der Waals surface area contributed by atoms with Crippen LogP contribution in [0.5, 0.6) is 0 Å². The van der Waals surface area contributed by atoms with E-state index < -0.39 is 0 Å². The summed E-state index contributed by atoms with van der Waals surface area (Å²) in [6.07, 6.45) is 1.79. The molecule has 0 atom stereocenters. The number of thioether (sulfide) groups is 1. The predicted molar refractivity (Wildman–Crippen MR) is 79.9 cm³/mol. The van der Waals surface area contributed by atoms with Gasteiger partial charge in [0.2, 0.25) is 5.89 Å². The van der Waals surface area contributed by atoms with Gasteiger partial charge in [0, 0.05) is 15.9 Å². The molecule has 4 nitrogen and oxygen atoms in total. The molecular weight excluding hydrogens is 326 g/mol. The zero-order valence-electron chi connectivity index (χ0n) is 10.3. The molecule has 0 bridgehead atoms. The Bertz CT molecular complexity index is 544. The van der Waals surface area contributed by atoms with Crippen molar-refractivity contribution in [3.05, 3.63) is 53.1 Å². The van der Waals surface area contributed by atoms with Crippen molar-refractivity contribution in [1.82, 2.24) is 15.5 Å². The maximum Gasteiger partial charge on any atom is 0.240 e. The van der Waals surface area contributed by atoms with Crippen molar-refractivity contribution in [2.75, 3.05) is 6.54 Å². The summed E-state index contributed by atoms with van der Waals surface area (Å²) in [5.74, 6) is 1.99. The molecule has 0 saturated heterocycles. The summed E-state index contributed by atoms with van der Waals surface area (Å²) in [7, 11) is 0. The van der Waals surface area contributed by atoms with E-state index in [1.54, 1.807) is 17.8 Å². The first kappa shape index (κ1) is 14.3. The fourth-order valence-electron chi connectivity index (χ4n) is 1.41. The van der Waals surface area contributed by atoms with Crippen molar-refractivity contribution < 1.29 is 4.52 Å². The van der Waals surface area contributed by atoms with Crippen molar-refractivity contribution in [1.29, 1.82) is 0 Å². The highest BCUT2D eigenvalue weighted by molar-refractivity contribution is 9.10. The van der Waals surface area contributed by atoms with Gasteiger partial charge in [-0.1, -0.05) is 23.4 Å². The molecule has 0 fully saturated rings. The number of nitrogens with one attached hydrogen (secondary N) is 1. The van der Waals surface area contributed by atoms with Crippen molar-refractivity contribution in [3.8, 4) is 0 Å². The van der Waals surface area contributed by atoms with Gasteiger partial charge in [0.1, 0.15) is 0 Å². The van der Waals surface area contributed by atoms with Gasteiger partial charge in [-0.05, 0) is 28.1 Å². The maximum absolute atomic E-state index is 5.15. The van der Waals surface area contributed by atoms with E-state index in [1.807, 2.05) is 18.2 Å². The van der Waals surface area contributed by atoms with Crippen LogP contribution in [0.1, 0.15) is 11.7 Å². The molecule has 2 rings (SSSR count). The lowest BCUT2D eigenvalue weighted by atomic mass is 10.4. The van der Waals surface area contributed by atoms with E-state index in [1.165, 1.54) is 4.90 Å². The van der Waals surface area contributed by atoms with Crippen LogP contribution in [-0.4, -0.2) is 16.7 Å². The third-order valence-corrected chi connectivity index (χ3v) is 4.29. The van der Waals surface area contributed by atoms with Gasteiger partial charge in [-0.2, -0.15) is 4.98 Å². The molecule has 0 aliphatic carbocycles. The van der Waals surface area contributed by atoms with E-state index in [0.29, 0.717) is 24.0 Å². The second-order valence-electron chi connectivity index (χ2n) is 3.74. The topological polar surface area (TPSA) is 51.0 Å². The molecule has 1 N–H and O–H groups in total. The molecule has 0 saturated carbocycles. The third kappa shape index (κ3) is 4.49. The Labute approximate surface area is 124 Å². The van der Waals surface area contributed by atoms with Crippen LogP contribution >= 0.6 is 27.7 Å². The van der Waals surface area contributed by atoms with Gasteiger partial charge in [0.05, 0.1) is 12.3 Å². The Hall–Kier alpha value is -1.11. The van der Waals surface area contributed by atoms with Gasteiger partial charge in [-0.3, -0.25) is 0 Å². The minimum absolute atomic E-state index is 0.568. The van der Waals surface area contributed by atoms with Crippen molar-refractivity contribution in [2.45, 2.75) is 17.2 Å². The Kier molecular flexibility index (Phi) is 5.62. The maximum atomic E-state index is 5.15. The van der Waals surface area contributed by atoms with Gasteiger partial charge in [0.15, 0.2) is 5.82 Å². The fourth-order valence-corrected chi connectivity index (χ4v) is 2.82. The third-order valence-electron chi connectivity index (χ3n) is 2.27. The number of benzene rings is 1. The first-order valence-electron chi connectivity index (χ1n) is 5.80. The van der Waals surface area contributed by atoms with Crippen LogP contribution in [0.3, 0.4) is 0 Å². The first-order chi connectivity index (χ1) is 9.29. The minimum atomic E-state index is 0.568. The van der Waals surface area contributed by atoms with Crippen LogP contribution in [0.4, 0.5) is 0 Å². The standard InChI is InChI=1S/C13H14BrN3OS/c1-2-7-15-8-13-16-12(17-18-13)9-19-11-6-4-3-5-10(11)14/h2-6,15H,1,7-9H2. The van der Waals surface area contributed by atoms with E-state index in [2.05, 4.69) is 44.0 Å². The lowest BCUT2D eigenvalue weighted by Crippen LogP contribution is -2.12. The number of aromatic nitrogens is 2. The molecule has 1 heterocycles. The zero-order valence-corrected chi connectivity index (χ0v) is 12.7. The summed E-state index contributed by atoms with van der Waals surface area (Å²) in [6.45, 7) is 4.93. The first-order valence-corrected chi connectivity index (χ1v) is 7.58. The summed E-state index contributed by atoms with van der Waals surface area (Å²) < 4.78 is 6.23. The van der Waals surface area contributed by atoms with Crippen LogP contribution in [0.2, 0.25) is 0 Å². The number of hydrogen-bond acceptors (Lipinski definition) is 5. The van der Waals surface area contributed by atoms with Crippen molar-refractivity contribution in [2.24, 2.45) is 0 Å². The average molecular weight is 340 g/mol. The highest BCUT2D eigenvalue weighted by atomic mass is 79.9. The lowest BCUT2D eigenvalue weighted by molar-refractivity contribution is 0.366. The van der Waals surface area contributed by atoms with E-state index in [0.717, 1.165) is 11.0 Å². The zero-order chi connectivity index (χ0) is 13.5. The van der Waals surface area contributed by atoms with Gasteiger partial charge in [0.25, 0.3) is 0 Å². The summed E-state index contributed by atoms with van der Waals surface area (Å²) in [6, 6.07) is 8.07. The second kappa shape index (κ2) is 7.47. The number of halogens is 1. The molecule has 0 radical (unpaired) electrons. The molecule has 100 valence electrons. The molecular formula is C13H14BrN3OS. The van der Waals surface area contributed by atoms with E-state index in [9.17, 15) is 0 Å². The average Bonchev–Trinajstić information content (AvgIpc) is 2.86.